The van der Waals surface area contributed by atoms with Crippen LogP contribution in [0.1, 0.15) is 92.1 Å². The van der Waals surface area contributed by atoms with Gasteiger partial charge in [-0.1, -0.05) is 75.8 Å². The van der Waals surface area contributed by atoms with Crippen molar-refractivity contribution < 1.29 is 19.1 Å². The molecule has 1 aromatic rings. The Balaban J connectivity index is 1.37. The highest BCUT2D eigenvalue weighted by atomic mass is 16.5. The normalized spacial score (nSPS) is 42.0. The molecule has 0 bridgehead atoms. The number of allylic oxidation sites excluding steroid dienone is 5. The van der Waals surface area contributed by atoms with Gasteiger partial charge < -0.3 is 9.47 Å². The molecule has 0 amide bonds. The molecule has 0 aliphatic heterocycles. The maximum Gasteiger partial charge on any atom is 0.312 e. The van der Waals surface area contributed by atoms with Gasteiger partial charge in [0.1, 0.15) is 12.2 Å². The highest BCUT2D eigenvalue weighted by molar-refractivity contribution is 6.09. The van der Waals surface area contributed by atoms with Crippen molar-refractivity contribution in [3.8, 4) is 6.07 Å². The molecule has 232 valence electrons. The van der Waals surface area contributed by atoms with Crippen LogP contribution in [-0.4, -0.2) is 24.5 Å². The fourth-order valence-corrected chi connectivity index (χ4v) is 10.2. The maximum absolute atomic E-state index is 13.7. The molecule has 0 saturated heterocycles. The van der Waals surface area contributed by atoms with E-state index in [0.717, 1.165) is 61.7 Å². The molecule has 0 spiro atoms. The molecule has 5 heteroatoms. The molecule has 1 aromatic carbocycles. The van der Waals surface area contributed by atoms with E-state index in [1.807, 2.05) is 37.3 Å². The molecule has 7 atom stereocenters. The number of fused-ring (bicyclic) bond motifs is 7. The minimum absolute atomic E-state index is 0.0201. The van der Waals surface area contributed by atoms with Crippen molar-refractivity contribution in [3.05, 3.63) is 82.5 Å². The number of carbonyl (C=O) groups is 2. The lowest BCUT2D eigenvalue weighted by atomic mass is 9.34. The number of ether oxygens (including phenoxy) is 2. The molecular formula is C39H47NO4. The topological polar surface area (TPSA) is 76.4 Å². The lowest BCUT2D eigenvalue weighted by Gasteiger charge is -2.70. The summed E-state index contributed by atoms with van der Waals surface area (Å²) in [7, 11) is 1.62. The first kappa shape index (κ1) is 30.8. The quantitative estimate of drug-likeness (QED) is 0.199. The Labute approximate surface area is 263 Å². The van der Waals surface area contributed by atoms with Gasteiger partial charge in [-0.15, -0.1) is 0 Å². The molecule has 6 rings (SSSR count). The van der Waals surface area contributed by atoms with E-state index in [1.54, 1.807) is 13.2 Å². The van der Waals surface area contributed by atoms with E-state index in [1.165, 1.54) is 11.6 Å². The average molecular weight is 594 g/mol. The number of hydrogen-bond acceptors (Lipinski definition) is 5. The summed E-state index contributed by atoms with van der Waals surface area (Å²) in [6.45, 7) is 14.1. The van der Waals surface area contributed by atoms with Crippen LogP contribution in [0.25, 0.3) is 0 Å². The van der Waals surface area contributed by atoms with Gasteiger partial charge in [-0.05, 0) is 104 Å². The second-order valence-electron chi connectivity index (χ2n) is 15.6. The molecule has 5 aliphatic rings. The van der Waals surface area contributed by atoms with Crippen molar-refractivity contribution in [1.29, 1.82) is 5.26 Å². The number of esters is 1. The molecule has 5 nitrogen and oxygen atoms in total. The molecule has 0 N–H and O–H groups in total. The fourth-order valence-electron chi connectivity index (χ4n) is 10.2. The number of carbonyl (C=O) groups excluding carboxylic acids is 2. The smallest absolute Gasteiger partial charge is 0.312 e. The van der Waals surface area contributed by atoms with E-state index in [-0.39, 0.29) is 33.4 Å². The second kappa shape index (κ2) is 10.1. The summed E-state index contributed by atoms with van der Waals surface area (Å²) in [6.07, 6.45) is 14.4. The fraction of sp³-hybridized carbons (Fsp3) is 0.564. The third-order valence-electron chi connectivity index (χ3n) is 13.5. The number of hydrogen-bond donors (Lipinski definition) is 0. The van der Waals surface area contributed by atoms with E-state index in [9.17, 15) is 14.9 Å². The first-order chi connectivity index (χ1) is 20.7. The van der Waals surface area contributed by atoms with Crippen LogP contribution < -0.4 is 0 Å². The van der Waals surface area contributed by atoms with Crippen LogP contribution in [0.5, 0.6) is 0 Å². The highest BCUT2D eigenvalue weighted by Gasteiger charge is 2.68. The third-order valence-corrected chi connectivity index (χ3v) is 13.5. The van der Waals surface area contributed by atoms with Crippen molar-refractivity contribution in [2.45, 2.75) is 98.7 Å². The number of nitrogens with zero attached hydrogens (tertiary/aromatic N) is 1. The summed E-state index contributed by atoms with van der Waals surface area (Å²) in [5.41, 5.74) is 3.06. The molecule has 0 heterocycles. The number of ketones is 1. The number of benzene rings is 1. The zero-order chi connectivity index (χ0) is 31.8. The van der Waals surface area contributed by atoms with Gasteiger partial charge in [-0.2, -0.15) is 5.26 Å². The van der Waals surface area contributed by atoms with E-state index < -0.39 is 11.0 Å². The minimum Gasteiger partial charge on any atom is -0.460 e. The van der Waals surface area contributed by atoms with Gasteiger partial charge in [0.05, 0.1) is 11.5 Å². The number of nitriles is 1. The van der Waals surface area contributed by atoms with Crippen molar-refractivity contribution in [1.82, 2.24) is 0 Å². The Kier molecular flexibility index (Phi) is 7.10. The van der Waals surface area contributed by atoms with Gasteiger partial charge in [-0.25, -0.2) is 0 Å². The molecule has 3 saturated carbocycles. The van der Waals surface area contributed by atoms with Gasteiger partial charge in [-0.3, -0.25) is 9.59 Å². The summed E-state index contributed by atoms with van der Waals surface area (Å²) in [6, 6.07) is 12.0. The summed E-state index contributed by atoms with van der Waals surface area (Å²) in [4.78, 5) is 27.2. The van der Waals surface area contributed by atoms with Crippen molar-refractivity contribution in [2.75, 3.05) is 7.11 Å². The van der Waals surface area contributed by atoms with Crippen LogP contribution >= 0.6 is 0 Å². The van der Waals surface area contributed by atoms with Gasteiger partial charge in [0, 0.05) is 24.2 Å². The molecule has 3 fully saturated rings. The molecular weight excluding hydrogens is 546 g/mol. The third kappa shape index (κ3) is 4.13. The standard InChI is InChI=1S/C39H47NO4/c1-34-16-17-35(2,33(42)44-25-26-11-9-8-10-12-26)24-32(34)38(5)21-19-36(3)29-23-30(41)28(15-22-40)39(6,43-7)27(29)13-14-31(36)37(38,4)20-18-34/h8-15,23,32H,16-21,24-25H2,1-7H3/b28-15+/t32-,34-,35-,36+,37-,38+,39+/m1/s1. The molecule has 0 unspecified atom stereocenters. The SMILES string of the molecule is CO[C@@]1(C)C2=CC=C3[C@@](C)(CC[C@@]4(C)[C@@H]5C[C@](C)(C(=O)OCc6ccccc6)CC[C@]5(C)CC[C@]34C)C2=CC(=O)/C1=C\C#N. The van der Waals surface area contributed by atoms with Crippen LogP contribution in [0.15, 0.2) is 76.9 Å². The summed E-state index contributed by atoms with van der Waals surface area (Å²) in [5.74, 6) is 0.150. The Morgan fingerprint density at radius 3 is 2.34 bits per heavy atom. The van der Waals surface area contributed by atoms with Crippen LogP contribution in [0.2, 0.25) is 0 Å². The van der Waals surface area contributed by atoms with E-state index >= 15 is 0 Å². The lowest BCUT2D eigenvalue weighted by Crippen LogP contribution is -2.62. The van der Waals surface area contributed by atoms with E-state index in [0.29, 0.717) is 18.1 Å². The Hall–Kier alpha value is -3.23. The van der Waals surface area contributed by atoms with Crippen molar-refractivity contribution in [3.63, 3.8) is 0 Å². The first-order valence-electron chi connectivity index (χ1n) is 16.3. The zero-order valence-electron chi connectivity index (χ0n) is 27.5. The zero-order valence-corrected chi connectivity index (χ0v) is 27.5. The monoisotopic (exact) mass is 593 g/mol. The van der Waals surface area contributed by atoms with Gasteiger partial charge in [0.15, 0.2) is 5.78 Å². The largest absolute Gasteiger partial charge is 0.460 e. The molecule has 0 radical (unpaired) electrons. The summed E-state index contributed by atoms with van der Waals surface area (Å²) < 4.78 is 12.0. The summed E-state index contributed by atoms with van der Waals surface area (Å²) in [5, 5.41) is 9.44. The van der Waals surface area contributed by atoms with Crippen LogP contribution in [0.3, 0.4) is 0 Å². The summed E-state index contributed by atoms with van der Waals surface area (Å²) >= 11 is 0. The predicted octanol–water partition coefficient (Wildman–Crippen LogP) is 8.38. The number of methoxy groups -OCH3 is 1. The number of rotatable bonds is 4. The average Bonchev–Trinajstić information content (AvgIpc) is 3.01. The van der Waals surface area contributed by atoms with Gasteiger partial charge in [0.25, 0.3) is 0 Å². The highest BCUT2D eigenvalue weighted by Crippen LogP contribution is 2.75. The minimum atomic E-state index is -0.972. The second-order valence-corrected chi connectivity index (χ2v) is 15.6. The van der Waals surface area contributed by atoms with Crippen LogP contribution in [0.4, 0.5) is 0 Å². The van der Waals surface area contributed by atoms with E-state index in [4.69, 9.17) is 9.47 Å². The maximum atomic E-state index is 13.7. The molecule has 5 aliphatic carbocycles. The predicted molar refractivity (Wildman–Crippen MR) is 171 cm³/mol. The molecule has 0 aromatic heterocycles. The lowest BCUT2D eigenvalue weighted by molar-refractivity contribution is -0.183. The van der Waals surface area contributed by atoms with Gasteiger partial charge >= 0.3 is 5.97 Å². The Bertz CT molecular complexity index is 1580. The van der Waals surface area contributed by atoms with Crippen molar-refractivity contribution in [2.24, 2.45) is 33.0 Å². The van der Waals surface area contributed by atoms with Gasteiger partial charge in [0.2, 0.25) is 0 Å². The first-order valence-corrected chi connectivity index (χ1v) is 16.3. The van der Waals surface area contributed by atoms with Crippen LogP contribution in [0, 0.1) is 44.3 Å². The Morgan fingerprint density at radius 1 is 0.955 bits per heavy atom. The Morgan fingerprint density at radius 2 is 1.66 bits per heavy atom. The van der Waals surface area contributed by atoms with E-state index in [2.05, 4.69) is 52.8 Å². The molecule has 44 heavy (non-hydrogen) atoms. The van der Waals surface area contributed by atoms with Crippen LogP contribution in [-0.2, 0) is 25.7 Å². The van der Waals surface area contributed by atoms with Crippen molar-refractivity contribution >= 4 is 11.8 Å².